The standard InChI is InChI=1S/C22H24N4O2S/c1-26(2)20(27)6-4-3-5-16-7-9-17(10-8-16)21(28)25-19-15-24-22(29-19)18-11-13-23-14-12-18/h7-15H,3-6H2,1-2H3,(H,25,28). The van der Waals surface area contributed by atoms with Crippen LogP contribution in [-0.4, -0.2) is 40.8 Å². The fourth-order valence-corrected chi connectivity index (χ4v) is 3.61. The number of nitrogens with one attached hydrogen (secondary N) is 1. The van der Waals surface area contributed by atoms with Gasteiger partial charge >= 0.3 is 0 Å². The van der Waals surface area contributed by atoms with Crippen LogP contribution >= 0.6 is 11.3 Å². The number of rotatable bonds is 8. The number of anilines is 1. The number of amides is 2. The van der Waals surface area contributed by atoms with Gasteiger partial charge in [0.2, 0.25) is 5.91 Å². The Morgan fingerprint density at radius 2 is 1.76 bits per heavy atom. The molecule has 7 heteroatoms. The first-order chi connectivity index (χ1) is 14.0. The summed E-state index contributed by atoms with van der Waals surface area (Å²) in [4.78, 5) is 34.1. The van der Waals surface area contributed by atoms with Gasteiger partial charge in [0.05, 0.1) is 6.20 Å². The Labute approximate surface area is 174 Å². The van der Waals surface area contributed by atoms with E-state index >= 15 is 0 Å². The molecule has 0 spiro atoms. The van der Waals surface area contributed by atoms with Gasteiger partial charge in [0.25, 0.3) is 5.91 Å². The van der Waals surface area contributed by atoms with Crippen LogP contribution in [0.5, 0.6) is 0 Å². The van der Waals surface area contributed by atoms with E-state index in [0.717, 1.165) is 35.4 Å². The van der Waals surface area contributed by atoms with Crippen molar-refractivity contribution in [2.24, 2.45) is 0 Å². The third kappa shape index (κ3) is 5.96. The number of hydrogen-bond donors (Lipinski definition) is 1. The summed E-state index contributed by atoms with van der Waals surface area (Å²) in [5.74, 6) is 0.00484. The molecule has 1 aromatic carbocycles. The van der Waals surface area contributed by atoms with Gasteiger partial charge in [-0.2, -0.15) is 0 Å². The molecule has 150 valence electrons. The van der Waals surface area contributed by atoms with Crippen molar-refractivity contribution in [2.45, 2.75) is 25.7 Å². The number of hydrogen-bond acceptors (Lipinski definition) is 5. The van der Waals surface area contributed by atoms with Crippen LogP contribution in [0.15, 0.2) is 55.0 Å². The molecular weight excluding hydrogens is 384 g/mol. The average molecular weight is 409 g/mol. The molecule has 29 heavy (non-hydrogen) atoms. The normalized spacial score (nSPS) is 10.6. The summed E-state index contributed by atoms with van der Waals surface area (Å²) in [7, 11) is 3.55. The van der Waals surface area contributed by atoms with Crippen LogP contribution in [0.4, 0.5) is 5.00 Å². The van der Waals surface area contributed by atoms with Crippen molar-refractivity contribution in [2.75, 3.05) is 19.4 Å². The van der Waals surface area contributed by atoms with Crippen LogP contribution in [0, 0.1) is 0 Å². The van der Waals surface area contributed by atoms with Gasteiger partial charge in [-0.1, -0.05) is 23.5 Å². The van der Waals surface area contributed by atoms with Gasteiger partial charge < -0.3 is 10.2 Å². The Balaban J connectivity index is 1.50. The van der Waals surface area contributed by atoms with Gasteiger partial charge in [-0.15, -0.1) is 0 Å². The van der Waals surface area contributed by atoms with Crippen LogP contribution in [0.3, 0.4) is 0 Å². The van der Waals surface area contributed by atoms with Gasteiger partial charge in [-0.25, -0.2) is 4.98 Å². The number of unbranched alkanes of at least 4 members (excludes halogenated alkanes) is 1. The molecule has 0 radical (unpaired) electrons. The van der Waals surface area contributed by atoms with E-state index in [2.05, 4.69) is 15.3 Å². The van der Waals surface area contributed by atoms with Crippen LogP contribution in [0.25, 0.3) is 10.6 Å². The smallest absolute Gasteiger partial charge is 0.256 e. The van der Waals surface area contributed by atoms with Crippen molar-refractivity contribution in [1.29, 1.82) is 0 Å². The summed E-state index contributed by atoms with van der Waals surface area (Å²) in [6.45, 7) is 0. The molecule has 2 heterocycles. The molecule has 0 aliphatic rings. The molecule has 1 N–H and O–H groups in total. The van der Waals surface area contributed by atoms with Crippen molar-refractivity contribution in [3.63, 3.8) is 0 Å². The molecule has 0 bridgehead atoms. The first-order valence-electron chi connectivity index (χ1n) is 9.49. The first kappa shape index (κ1) is 20.7. The number of aryl methyl sites for hydroxylation is 1. The summed E-state index contributed by atoms with van der Waals surface area (Å²) in [6.07, 6.45) is 8.39. The molecule has 2 aromatic heterocycles. The van der Waals surface area contributed by atoms with E-state index < -0.39 is 0 Å². The number of nitrogens with zero attached hydrogens (tertiary/aromatic N) is 3. The summed E-state index contributed by atoms with van der Waals surface area (Å²) >= 11 is 1.43. The molecule has 2 amide bonds. The van der Waals surface area contributed by atoms with E-state index in [-0.39, 0.29) is 11.8 Å². The van der Waals surface area contributed by atoms with Gasteiger partial charge in [-0.05, 0) is 49.1 Å². The summed E-state index contributed by atoms with van der Waals surface area (Å²) < 4.78 is 0. The van der Waals surface area contributed by atoms with Crippen molar-refractivity contribution >= 4 is 28.2 Å². The largest absolute Gasteiger partial charge is 0.349 e. The monoisotopic (exact) mass is 408 g/mol. The predicted molar refractivity (Wildman–Crippen MR) is 116 cm³/mol. The van der Waals surface area contributed by atoms with Crippen LogP contribution in [0.2, 0.25) is 0 Å². The van der Waals surface area contributed by atoms with Crippen molar-refractivity contribution < 1.29 is 9.59 Å². The fourth-order valence-electron chi connectivity index (χ4n) is 2.80. The lowest BCUT2D eigenvalue weighted by molar-refractivity contribution is -0.128. The third-order valence-corrected chi connectivity index (χ3v) is 5.45. The molecular formula is C22H24N4O2S. The van der Waals surface area contributed by atoms with Crippen LogP contribution in [0.1, 0.15) is 35.2 Å². The van der Waals surface area contributed by atoms with E-state index in [1.807, 2.05) is 36.4 Å². The molecule has 3 rings (SSSR count). The quantitative estimate of drug-likeness (QED) is 0.565. The third-order valence-electron chi connectivity index (χ3n) is 4.49. The van der Waals surface area contributed by atoms with Crippen molar-refractivity contribution in [1.82, 2.24) is 14.9 Å². The van der Waals surface area contributed by atoms with Crippen molar-refractivity contribution in [3.8, 4) is 10.6 Å². The lowest BCUT2D eigenvalue weighted by atomic mass is 10.0. The zero-order valence-electron chi connectivity index (χ0n) is 16.6. The Hall–Kier alpha value is -3.06. The number of benzene rings is 1. The minimum Gasteiger partial charge on any atom is -0.349 e. The topological polar surface area (TPSA) is 75.2 Å². The second-order valence-corrected chi connectivity index (χ2v) is 7.94. The molecule has 0 saturated carbocycles. The number of aromatic nitrogens is 2. The second-order valence-electron chi connectivity index (χ2n) is 6.91. The van der Waals surface area contributed by atoms with Gasteiger partial charge in [0.15, 0.2) is 0 Å². The molecule has 6 nitrogen and oxygen atoms in total. The Bertz CT molecular complexity index is 952. The zero-order chi connectivity index (χ0) is 20.6. The predicted octanol–water partition coefficient (Wildman–Crippen LogP) is 4.26. The highest BCUT2D eigenvalue weighted by Crippen LogP contribution is 2.28. The van der Waals surface area contributed by atoms with Gasteiger partial charge in [0.1, 0.15) is 10.0 Å². The van der Waals surface area contributed by atoms with E-state index in [9.17, 15) is 9.59 Å². The average Bonchev–Trinajstić information content (AvgIpc) is 3.20. The van der Waals surface area contributed by atoms with Crippen LogP contribution < -0.4 is 5.32 Å². The maximum absolute atomic E-state index is 12.5. The van der Waals surface area contributed by atoms with Gasteiger partial charge in [0, 0.05) is 44.0 Å². The Morgan fingerprint density at radius 3 is 2.45 bits per heavy atom. The number of pyridine rings is 1. The molecule has 0 aliphatic heterocycles. The lowest BCUT2D eigenvalue weighted by Crippen LogP contribution is -2.21. The lowest BCUT2D eigenvalue weighted by Gasteiger charge is -2.09. The minimum atomic E-state index is -0.155. The summed E-state index contributed by atoms with van der Waals surface area (Å²) in [5.41, 5.74) is 2.74. The van der Waals surface area contributed by atoms with E-state index in [1.54, 1.807) is 37.6 Å². The van der Waals surface area contributed by atoms with E-state index in [4.69, 9.17) is 0 Å². The molecule has 0 aliphatic carbocycles. The molecule has 0 atom stereocenters. The number of thiazole rings is 1. The highest BCUT2D eigenvalue weighted by Gasteiger charge is 2.10. The maximum atomic E-state index is 12.5. The molecule has 0 saturated heterocycles. The second kappa shape index (κ2) is 9.93. The fraction of sp³-hybridized carbons (Fsp3) is 0.273. The molecule has 0 fully saturated rings. The SMILES string of the molecule is CN(C)C(=O)CCCCc1ccc(C(=O)Nc2cnc(-c3ccncc3)s2)cc1. The van der Waals surface area contributed by atoms with Crippen molar-refractivity contribution in [3.05, 3.63) is 66.1 Å². The van der Waals surface area contributed by atoms with Crippen LogP contribution in [-0.2, 0) is 11.2 Å². The number of carbonyl (C=O) groups excluding carboxylic acids is 2. The minimum absolute atomic E-state index is 0.155. The first-order valence-corrected chi connectivity index (χ1v) is 10.3. The summed E-state index contributed by atoms with van der Waals surface area (Å²) in [5, 5.41) is 4.45. The van der Waals surface area contributed by atoms with E-state index in [0.29, 0.717) is 17.0 Å². The highest BCUT2D eigenvalue weighted by atomic mass is 32.1. The molecule has 3 aromatic rings. The van der Waals surface area contributed by atoms with E-state index in [1.165, 1.54) is 11.3 Å². The Morgan fingerprint density at radius 1 is 1.03 bits per heavy atom. The Kier molecular flexibility index (Phi) is 7.08. The summed E-state index contributed by atoms with van der Waals surface area (Å²) in [6, 6.07) is 11.4. The molecule has 0 unspecified atom stereocenters. The number of carbonyl (C=O) groups is 2. The van der Waals surface area contributed by atoms with Gasteiger partial charge in [-0.3, -0.25) is 14.6 Å². The maximum Gasteiger partial charge on any atom is 0.256 e. The zero-order valence-corrected chi connectivity index (χ0v) is 17.4. The highest BCUT2D eigenvalue weighted by molar-refractivity contribution is 7.19.